The number of hydrogen-bond donors (Lipinski definition) is 1. The van der Waals surface area contributed by atoms with Crippen molar-refractivity contribution in [2.24, 2.45) is 0 Å². The molecule has 222 valence electrons. The minimum atomic E-state index is -5.12. The number of aromatic nitrogens is 2. The first-order valence-electron chi connectivity index (χ1n) is 13.6. The van der Waals surface area contributed by atoms with Gasteiger partial charge in [-0.2, -0.15) is 13.2 Å². The number of aliphatic carboxylic acids is 1. The molecule has 1 atom stereocenters. The Bertz CT molecular complexity index is 1500. The van der Waals surface area contributed by atoms with E-state index in [1.165, 1.54) is 18.2 Å². The lowest BCUT2D eigenvalue weighted by atomic mass is 9.94. The molecule has 0 saturated carbocycles. The second-order valence-corrected chi connectivity index (χ2v) is 10.5. The average molecular weight is 585 g/mol. The van der Waals surface area contributed by atoms with Crippen molar-refractivity contribution in [3.05, 3.63) is 64.5 Å². The predicted octanol–water partition coefficient (Wildman–Crippen LogP) is 4.95. The van der Waals surface area contributed by atoms with Crippen LogP contribution >= 0.6 is 0 Å². The van der Waals surface area contributed by atoms with Crippen LogP contribution in [0.2, 0.25) is 0 Å². The summed E-state index contributed by atoms with van der Waals surface area (Å²) in [5.41, 5.74) is 4.84. The molecule has 0 spiro atoms. The zero-order chi connectivity index (χ0) is 30.2. The Hall–Kier alpha value is -4.19. The molecule has 1 aromatic heterocycles. The Morgan fingerprint density at radius 3 is 2.40 bits per heavy atom. The van der Waals surface area contributed by atoms with Crippen LogP contribution in [-0.2, 0) is 20.9 Å². The van der Waals surface area contributed by atoms with Crippen molar-refractivity contribution >= 4 is 23.5 Å². The van der Waals surface area contributed by atoms with Crippen molar-refractivity contribution in [1.29, 1.82) is 0 Å². The van der Waals surface area contributed by atoms with E-state index in [2.05, 4.69) is 4.90 Å². The van der Waals surface area contributed by atoms with Gasteiger partial charge in [0.2, 0.25) is 5.95 Å². The number of nitrogens with zero attached hydrogens (tertiary/aromatic N) is 4. The third-order valence-corrected chi connectivity index (χ3v) is 7.69. The number of aryl methyl sites for hydroxylation is 2. The molecule has 3 heterocycles. The van der Waals surface area contributed by atoms with E-state index in [1.54, 1.807) is 19.1 Å². The average Bonchev–Trinajstić information content (AvgIpc) is 3.33. The molecular formula is C30H31F3N4O5. The number of alkyl halides is 3. The van der Waals surface area contributed by atoms with Gasteiger partial charge in [-0.1, -0.05) is 24.3 Å². The lowest BCUT2D eigenvalue weighted by Crippen LogP contribution is -2.41. The van der Waals surface area contributed by atoms with Crippen LogP contribution < -0.4 is 14.5 Å². The van der Waals surface area contributed by atoms with Crippen LogP contribution in [0.15, 0.2) is 36.4 Å². The second kappa shape index (κ2) is 11.6. The number of carbonyl (C=O) groups excluding carboxylic acids is 1. The van der Waals surface area contributed by atoms with E-state index in [0.29, 0.717) is 53.8 Å². The third kappa shape index (κ3) is 5.89. The van der Waals surface area contributed by atoms with Gasteiger partial charge in [0.15, 0.2) is 0 Å². The number of ether oxygens (including phenoxy) is 2. The standard InChI is InChI=1S/C30H31F3N4O5/c1-17-20(5-4-6-23(17)27-18(2)34-29(35-19(27)3)36-9-11-41-12-10-36)15-37(28(40)30(31,32)33)22-7-8-24-21(13-26(38)39)16-42-25(24)14-22/h4-8,14,21H,9-13,15-16H2,1-3H3,(H,38,39)/t21-/m1/s1. The lowest BCUT2D eigenvalue weighted by molar-refractivity contribution is -0.170. The molecule has 12 heteroatoms. The van der Waals surface area contributed by atoms with Gasteiger partial charge in [-0.25, -0.2) is 9.97 Å². The minimum Gasteiger partial charge on any atom is -0.493 e. The van der Waals surface area contributed by atoms with Gasteiger partial charge < -0.3 is 24.4 Å². The molecule has 1 amide bonds. The normalized spacial score (nSPS) is 16.6. The molecule has 42 heavy (non-hydrogen) atoms. The number of carboxylic acid groups (broad SMARTS) is 1. The summed E-state index contributed by atoms with van der Waals surface area (Å²) >= 11 is 0. The maximum Gasteiger partial charge on any atom is 0.471 e. The van der Waals surface area contributed by atoms with Crippen molar-refractivity contribution in [2.75, 3.05) is 42.7 Å². The second-order valence-electron chi connectivity index (χ2n) is 10.5. The van der Waals surface area contributed by atoms with E-state index in [1.807, 2.05) is 19.9 Å². The van der Waals surface area contributed by atoms with Crippen LogP contribution in [0.1, 0.15) is 40.4 Å². The molecule has 0 aliphatic carbocycles. The molecule has 5 rings (SSSR count). The molecule has 1 saturated heterocycles. The maximum absolute atomic E-state index is 13.8. The lowest BCUT2D eigenvalue weighted by Gasteiger charge is -2.28. The first-order chi connectivity index (χ1) is 19.9. The zero-order valence-electron chi connectivity index (χ0n) is 23.5. The van der Waals surface area contributed by atoms with Crippen molar-refractivity contribution in [3.63, 3.8) is 0 Å². The summed E-state index contributed by atoms with van der Waals surface area (Å²) in [5.74, 6) is -2.56. The Morgan fingerprint density at radius 2 is 1.76 bits per heavy atom. The van der Waals surface area contributed by atoms with Crippen LogP contribution in [0.4, 0.5) is 24.8 Å². The van der Waals surface area contributed by atoms with E-state index >= 15 is 0 Å². The number of carbonyl (C=O) groups is 2. The highest BCUT2D eigenvalue weighted by Crippen LogP contribution is 2.40. The minimum absolute atomic E-state index is 0.00223. The molecule has 3 aromatic rings. The maximum atomic E-state index is 13.8. The van der Waals surface area contributed by atoms with Crippen molar-refractivity contribution in [2.45, 2.75) is 45.8 Å². The van der Waals surface area contributed by atoms with Gasteiger partial charge in [-0.15, -0.1) is 0 Å². The monoisotopic (exact) mass is 584 g/mol. The van der Waals surface area contributed by atoms with Gasteiger partial charge in [0, 0.05) is 41.9 Å². The van der Waals surface area contributed by atoms with Crippen molar-refractivity contribution in [3.8, 4) is 16.9 Å². The van der Waals surface area contributed by atoms with Gasteiger partial charge >= 0.3 is 18.1 Å². The van der Waals surface area contributed by atoms with Crippen LogP contribution in [-0.4, -0.2) is 66.0 Å². The van der Waals surface area contributed by atoms with Crippen LogP contribution in [0, 0.1) is 20.8 Å². The number of halogens is 3. The topological polar surface area (TPSA) is 105 Å². The number of amides is 1. The highest BCUT2D eigenvalue weighted by atomic mass is 19.4. The van der Waals surface area contributed by atoms with Gasteiger partial charge in [-0.05, 0) is 43.5 Å². The number of rotatable bonds is 7. The zero-order valence-corrected chi connectivity index (χ0v) is 23.5. The van der Waals surface area contributed by atoms with Crippen molar-refractivity contribution in [1.82, 2.24) is 9.97 Å². The number of benzene rings is 2. The molecule has 2 aliphatic rings. The Balaban J connectivity index is 1.49. The van der Waals surface area contributed by atoms with E-state index in [9.17, 15) is 22.8 Å². The fourth-order valence-corrected chi connectivity index (χ4v) is 5.54. The molecule has 0 unspecified atom stereocenters. The number of carboxylic acids is 1. The van der Waals surface area contributed by atoms with E-state index in [-0.39, 0.29) is 31.0 Å². The summed E-state index contributed by atoms with van der Waals surface area (Å²) in [5, 5.41) is 9.16. The summed E-state index contributed by atoms with van der Waals surface area (Å²) in [6.45, 7) is 7.87. The van der Waals surface area contributed by atoms with E-state index in [0.717, 1.165) is 22.5 Å². The van der Waals surface area contributed by atoms with Crippen LogP contribution in [0.5, 0.6) is 5.75 Å². The molecule has 2 aliphatic heterocycles. The smallest absolute Gasteiger partial charge is 0.471 e. The number of hydrogen-bond acceptors (Lipinski definition) is 7. The Labute approximate surface area is 240 Å². The highest BCUT2D eigenvalue weighted by Gasteiger charge is 2.43. The largest absolute Gasteiger partial charge is 0.493 e. The van der Waals surface area contributed by atoms with Crippen LogP contribution in [0.25, 0.3) is 11.1 Å². The predicted molar refractivity (Wildman–Crippen MR) is 149 cm³/mol. The van der Waals surface area contributed by atoms with Gasteiger partial charge in [0.1, 0.15) is 5.75 Å². The van der Waals surface area contributed by atoms with Gasteiger partial charge in [0.25, 0.3) is 0 Å². The number of anilines is 2. The van der Waals surface area contributed by atoms with Crippen LogP contribution in [0.3, 0.4) is 0 Å². The highest BCUT2D eigenvalue weighted by molar-refractivity contribution is 5.97. The molecule has 0 radical (unpaired) electrons. The Kier molecular flexibility index (Phi) is 8.09. The first kappa shape index (κ1) is 29.3. The summed E-state index contributed by atoms with van der Waals surface area (Å²) in [6.07, 6.45) is -5.28. The number of morpholine rings is 1. The molecule has 9 nitrogen and oxygen atoms in total. The SMILES string of the molecule is Cc1nc(N2CCOCC2)nc(C)c1-c1cccc(CN(C(=O)C(F)(F)F)c2ccc3c(c2)OC[C@H]3CC(=O)O)c1C. The first-order valence-corrected chi connectivity index (χ1v) is 13.6. The molecule has 0 bridgehead atoms. The summed E-state index contributed by atoms with van der Waals surface area (Å²) in [6, 6.07) is 9.60. The molecular weight excluding hydrogens is 553 g/mol. The van der Waals surface area contributed by atoms with E-state index in [4.69, 9.17) is 24.5 Å². The summed E-state index contributed by atoms with van der Waals surface area (Å²) in [7, 11) is 0. The molecule has 1 N–H and O–H groups in total. The van der Waals surface area contributed by atoms with E-state index < -0.39 is 24.0 Å². The third-order valence-electron chi connectivity index (χ3n) is 7.69. The fraction of sp³-hybridized carbons (Fsp3) is 0.400. The quantitative estimate of drug-likeness (QED) is 0.416. The number of fused-ring (bicyclic) bond motifs is 1. The molecule has 1 fully saturated rings. The Morgan fingerprint density at radius 1 is 1.07 bits per heavy atom. The van der Waals surface area contributed by atoms with Crippen molar-refractivity contribution < 1.29 is 37.3 Å². The fourth-order valence-electron chi connectivity index (χ4n) is 5.54. The summed E-state index contributed by atoms with van der Waals surface area (Å²) in [4.78, 5) is 36.1. The van der Waals surface area contributed by atoms with Gasteiger partial charge in [0.05, 0.1) is 44.2 Å². The summed E-state index contributed by atoms with van der Waals surface area (Å²) < 4.78 is 52.4. The molecule has 2 aromatic carbocycles. The van der Waals surface area contributed by atoms with Gasteiger partial charge in [-0.3, -0.25) is 9.59 Å².